The summed E-state index contributed by atoms with van der Waals surface area (Å²) in [4.78, 5) is 4.15. The molecule has 0 aliphatic heterocycles. The summed E-state index contributed by atoms with van der Waals surface area (Å²) < 4.78 is 5.35. The number of para-hydroxylation sites is 1. The van der Waals surface area contributed by atoms with Crippen LogP contribution in [0.2, 0.25) is 0 Å². The number of benzene rings is 2. The molecule has 4 heteroatoms. The van der Waals surface area contributed by atoms with Gasteiger partial charge in [-0.05, 0) is 35.4 Å². The predicted molar refractivity (Wildman–Crippen MR) is 91.4 cm³/mol. The number of ether oxygens (including phenoxy) is 1. The zero-order chi connectivity index (χ0) is 16.9. The van der Waals surface area contributed by atoms with Gasteiger partial charge in [-0.3, -0.25) is 4.98 Å². The highest BCUT2D eigenvalue weighted by atomic mass is 16.5. The lowest BCUT2D eigenvalue weighted by Crippen LogP contribution is -2.04. The highest BCUT2D eigenvalue weighted by Crippen LogP contribution is 2.35. The molecular weight excluding hydrogens is 300 g/mol. The summed E-state index contributed by atoms with van der Waals surface area (Å²) in [5.74, 6) is 0.616. The van der Waals surface area contributed by atoms with Crippen LogP contribution >= 0.6 is 0 Å². The average Bonchev–Trinajstić information content (AvgIpc) is 2.67. The quantitative estimate of drug-likeness (QED) is 0.797. The van der Waals surface area contributed by atoms with Crippen LogP contribution in [0.5, 0.6) is 5.75 Å². The number of hydrogen-bond acceptors (Lipinski definition) is 4. The lowest BCUT2D eigenvalue weighted by molar-refractivity contribution is 0.215. The minimum absolute atomic E-state index is 0.571. The number of aliphatic hydroxyl groups is 1. The van der Waals surface area contributed by atoms with E-state index in [0.717, 1.165) is 11.1 Å². The van der Waals surface area contributed by atoms with Crippen LogP contribution in [0.15, 0.2) is 67.0 Å². The van der Waals surface area contributed by atoms with E-state index in [2.05, 4.69) is 11.1 Å². The van der Waals surface area contributed by atoms with E-state index in [1.54, 1.807) is 31.6 Å². The van der Waals surface area contributed by atoms with E-state index in [9.17, 15) is 5.11 Å². The third-order valence-electron chi connectivity index (χ3n) is 3.88. The minimum atomic E-state index is -0.879. The molecule has 0 amide bonds. The van der Waals surface area contributed by atoms with E-state index in [0.29, 0.717) is 22.4 Å². The molecule has 24 heavy (non-hydrogen) atoms. The Morgan fingerprint density at radius 1 is 1.08 bits per heavy atom. The Kier molecular flexibility index (Phi) is 4.55. The predicted octanol–water partition coefficient (Wildman–Crippen LogP) is 3.71. The monoisotopic (exact) mass is 316 g/mol. The number of aliphatic hydroxyl groups excluding tert-OH is 1. The molecule has 0 saturated carbocycles. The van der Waals surface area contributed by atoms with Crippen LogP contribution in [0.1, 0.15) is 22.8 Å². The molecule has 0 saturated heterocycles. The molecule has 1 heterocycles. The molecule has 2 aromatic carbocycles. The van der Waals surface area contributed by atoms with Crippen molar-refractivity contribution in [1.82, 2.24) is 4.98 Å². The summed E-state index contributed by atoms with van der Waals surface area (Å²) >= 11 is 0. The third-order valence-corrected chi connectivity index (χ3v) is 3.88. The summed E-state index contributed by atoms with van der Waals surface area (Å²) in [5.41, 5.74) is 3.60. The molecule has 0 aliphatic carbocycles. The van der Waals surface area contributed by atoms with Crippen molar-refractivity contribution in [1.29, 1.82) is 5.26 Å². The Hall–Kier alpha value is -3.16. The van der Waals surface area contributed by atoms with Gasteiger partial charge >= 0.3 is 0 Å². The van der Waals surface area contributed by atoms with E-state index in [4.69, 9.17) is 10.00 Å². The first kappa shape index (κ1) is 15.7. The number of methoxy groups -OCH3 is 1. The number of aromatic nitrogens is 1. The van der Waals surface area contributed by atoms with Gasteiger partial charge in [-0.1, -0.05) is 30.3 Å². The number of hydrogen-bond donors (Lipinski definition) is 1. The summed E-state index contributed by atoms with van der Waals surface area (Å²) in [5, 5.41) is 20.0. The first-order chi connectivity index (χ1) is 11.7. The van der Waals surface area contributed by atoms with Gasteiger partial charge in [-0.25, -0.2) is 0 Å². The van der Waals surface area contributed by atoms with Crippen LogP contribution in [0, 0.1) is 11.3 Å². The molecule has 1 unspecified atom stereocenters. The molecule has 1 aromatic heterocycles. The van der Waals surface area contributed by atoms with Gasteiger partial charge in [-0.15, -0.1) is 0 Å². The van der Waals surface area contributed by atoms with Crippen molar-refractivity contribution in [3.8, 4) is 22.9 Å². The maximum absolute atomic E-state index is 10.9. The van der Waals surface area contributed by atoms with Gasteiger partial charge < -0.3 is 9.84 Å². The molecule has 0 radical (unpaired) electrons. The second-order valence-electron chi connectivity index (χ2n) is 5.30. The highest BCUT2D eigenvalue weighted by Gasteiger charge is 2.19. The zero-order valence-electron chi connectivity index (χ0n) is 13.2. The van der Waals surface area contributed by atoms with Crippen molar-refractivity contribution in [3.05, 3.63) is 83.7 Å². The van der Waals surface area contributed by atoms with Crippen LogP contribution in [0.3, 0.4) is 0 Å². The Morgan fingerprint density at radius 2 is 1.92 bits per heavy atom. The van der Waals surface area contributed by atoms with E-state index in [1.807, 2.05) is 42.5 Å². The van der Waals surface area contributed by atoms with Crippen LogP contribution < -0.4 is 4.74 Å². The molecule has 4 nitrogen and oxygen atoms in total. The molecule has 0 spiro atoms. The van der Waals surface area contributed by atoms with Crippen LogP contribution in [0.25, 0.3) is 11.1 Å². The SMILES string of the molecule is COc1ccccc1C(O)c1cnccc1-c1cccc(C#N)c1. The molecule has 0 fully saturated rings. The standard InChI is InChI=1S/C20H16N2O2/c1-24-19-8-3-2-7-17(19)20(23)18-13-22-10-9-16(18)15-6-4-5-14(11-15)12-21/h2-11,13,20,23H,1H3. The fourth-order valence-corrected chi connectivity index (χ4v) is 2.70. The largest absolute Gasteiger partial charge is 0.496 e. The van der Waals surface area contributed by atoms with Crippen LogP contribution in [0.4, 0.5) is 0 Å². The molecule has 0 aliphatic rings. The molecule has 118 valence electrons. The molecule has 1 atom stereocenters. The lowest BCUT2D eigenvalue weighted by Gasteiger charge is -2.18. The van der Waals surface area contributed by atoms with Gasteiger partial charge in [0.2, 0.25) is 0 Å². The van der Waals surface area contributed by atoms with E-state index >= 15 is 0 Å². The Labute approximate surface area is 140 Å². The van der Waals surface area contributed by atoms with Crippen molar-refractivity contribution in [3.63, 3.8) is 0 Å². The smallest absolute Gasteiger partial charge is 0.125 e. The topological polar surface area (TPSA) is 66.1 Å². The van der Waals surface area contributed by atoms with E-state index in [1.165, 1.54) is 0 Å². The van der Waals surface area contributed by atoms with E-state index in [-0.39, 0.29) is 0 Å². The molecule has 0 bridgehead atoms. The second-order valence-corrected chi connectivity index (χ2v) is 5.30. The Balaban J connectivity index is 2.11. The average molecular weight is 316 g/mol. The van der Waals surface area contributed by atoms with Crippen molar-refractivity contribution in [2.45, 2.75) is 6.10 Å². The fourth-order valence-electron chi connectivity index (χ4n) is 2.70. The van der Waals surface area contributed by atoms with Crippen LogP contribution in [-0.4, -0.2) is 17.2 Å². The maximum Gasteiger partial charge on any atom is 0.125 e. The summed E-state index contributed by atoms with van der Waals surface area (Å²) in [7, 11) is 1.58. The van der Waals surface area contributed by atoms with Crippen LogP contribution in [-0.2, 0) is 0 Å². The van der Waals surface area contributed by atoms with Crippen molar-refractivity contribution >= 4 is 0 Å². The first-order valence-electron chi connectivity index (χ1n) is 7.50. The fraction of sp³-hybridized carbons (Fsp3) is 0.100. The zero-order valence-corrected chi connectivity index (χ0v) is 13.2. The first-order valence-corrected chi connectivity index (χ1v) is 7.50. The number of nitrogens with zero attached hydrogens (tertiary/aromatic N) is 2. The Bertz CT molecular complexity index is 900. The van der Waals surface area contributed by atoms with Gasteiger partial charge in [0.05, 0.1) is 18.7 Å². The number of nitriles is 1. The van der Waals surface area contributed by atoms with Gasteiger partial charge in [0, 0.05) is 23.5 Å². The van der Waals surface area contributed by atoms with Crippen molar-refractivity contribution < 1.29 is 9.84 Å². The summed E-state index contributed by atoms with van der Waals surface area (Å²) in [6.07, 6.45) is 2.44. The number of pyridine rings is 1. The molecular formula is C20H16N2O2. The molecule has 1 N–H and O–H groups in total. The second kappa shape index (κ2) is 6.95. The van der Waals surface area contributed by atoms with Gasteiger partial charge in [0.25, 0.3) is 0 Å². The maximum atomic E-state index is 10.9. The minimum Gasteiger partial charge on any atom is -0.496 e. The van der Waals surface area contributed by atoms with E-state index < -0.39 is 6.10 Å². The molecule has 3 rings (SSSR count). The van der Waals surface area contributed by atoms with Crippen molar-refractivity contribution in [2.24, 2.45) is 0 Å². The summed E-state index contributed by atoms with van der Waals surface area (Å²) in [6, 6.07) is 18.6. The Morgan fingerprint density at radius 3 is 2.71 bits per heavy atom. The van der Waals surface area contributed by atoms with Gasteiger partial charge in [0.15, 0.2) is 0 Å². The van der Waals surface area contributed by atoms with Gasteiger partial charge in [0.1, 0.15) is 11.9 Å². The summed E-state index contributed by atoms with van der Waals surface area (Å²) in [6.45, 7) is 0. The third kappa shape index (κ3) is 2.98. The van der Waals surface area contributed by atoms with Crippen molar-refractivity contribution in [2.75, 3.05) is 7.11 Å². The lowest BCUT2D eigenvalue weighted by atomic mass is 9.93. The normalized spacial score (nSPS) is 11.5. The molecule has 3 aromatic rings. The number of rotatable bonds is 4. The highest BCUT2D eigenvalue weighted by molar-refractivity contribution is 5.69. The van der Waals surface area contributed by atoms with Gasteiger partial charge in [-0.2, -0.15) is 5.26 Å².